The number of nitrogens with one attached hydrogen (secondary N) is 2. The summed E-state index contributed by atoms with van der Waals surface area (Å²) in [5.74, 6) is 0.218. The second-order valence-electron chi connectivity index (χ2n) is 6.96. The summed E-state index contributed by atoms with van der Waals surface area (Å²) in [6, 6.07) is 19.6. The molecule has 0 aliphatic carbocycles. The van der Waals surface area contributed by atoms with Gasteiger partial charge in [0.25, 0.3) is 11.8 Å². The van der Waals surface area contributed by atoms with Crippen LogP contribution in [0.3, 0.4) is 0 Å². The minimum atomic E-state index is -0.452. The van der Waals surface area contributed by atoms with E-state index in [9.17, 15) is 9.59 Å². The number of carbonyl (C=O) groups excluding carboxylic acids is 2. The fourth-order valence-electron chi connectivity index (χ4n) is 2.93. The fraction of sp³-hybridized carbons (Fsp3) is 0.120. The summed E-state index contributed by atoms with van der Waals surface area (Å²) in [5, 5.41) is 5.55. The second kappa shape index (κ2) is 10.6. The van der Waals surface area contributed by atoms with Crippen LogP contribution < -0.4 is 20.1 Å². The highest BCUT2D eigenvalue weighted by Gasteiger charge is 2.16. The number of anilines is 1. The van der Waals surface area contributed by atoms with Crippen LogP contribution in [-0.2, 0) is 4.79 Å². The van der Waals surface area contributed by atoms with E-state index in [0.717, 1.165) is 10.0 Å². The van der Waals surface area contributed by atoms with Crippen molar-refractivity contribution >= 4 is 39.5 Å². The lowest BCUT2D eigenvalue weighted by atomic mass is 10.1. The molecule has 0 saturated heterocycles. The molecule has 0 aliphatic rings. The quantitative estimate of drug-likeness (QED) is 0.443. The van der Waals surface area contributed by atoms with Crippen LogP contribution in [0.25, 0.3) is 6.08 Å². The zero-order valence-corrected chi connectivity index (χ0v) is 19.5. The average Bonchev–Trinajstić information content (AvgIpc) is 2.79. The van der Waals surface area contributed by atoms with Gasteiger partial charge in [-0.15, -0.1) is 0 Å². The van der Waals surface area contributed by atoms with Crippen molar-refractivity contribution in [1.29, 1.82) is 0 Å². The number of aryl methyl sites for hydroxylation is 1. The average molecular weight is 495 g/mol. The van der Waals surface area contributed by atoms with Crippen LogP contribution in [0.15, 0.2) is 76.9 Å². The van der Waals surface area contributed by atoms with Crippen molar-refractivity contribution in [2.45, 2.75) is 6.92 Å². The number of amides is 2. The van der Waals surface area contributed by atoms with E-state index in [-0.39, 0.29) is 5.70 Å². The van der Waals surface area contributed by atoms with Crippen LogP contribution in [0.1, 0.15) is 21.5 Å². The number of hydrogen-bond donors (Lipinski definition) is 2. The molecule has 0 unspecified atom stereocenters. The Morgan fingerprint density at radius 2 is 1.62 bits per heavy atom. The standard InChI is InChI=1S/C25H23BrN2O4/c1-16-7-10-20(11-8-16)27-25(30)21(28-24(29)18-5-4-6-19(26)15-18)13-17-9-12-22(31-2)23(14-17)32-3/h4-15H,1-3H3,(H,27,30)(H,28,29)/b21-13-. The van der Waals surface area contributed by atoms with Crippen molar-refractivity contribution < 1.29 is 19.1 Å². The smallest absolute Gasteiger partial charge is 0.272 e. The molecule has 2 amide bonds. The zero-order valence-electron chi connectivity index (χ0n) is 17.9. The van der Waals surface area contributed by atoms with Crippen molar-refractivity contribution in [1.82, 2.24) is 5.32 Å². The number of methoxy groups -OCH3 is 2. The maximum Gasteiger partial charge on any atom is 0.272 e. The lowest BCUT2D eigenvalue weighted by Crippen LogP contribution is -2.30. The molecule has 3 aromatic rings. The van der Waals surface area contributed by atoms with Crippen molar-refractivity contribution in [2.75, 3.05) is 19.5 Å². The minimum absolute atomic E-state index is 0.0859. The van der Waals surface area contributed by atoms with Crippen molar-refractivity contribution in [3.63, 3.8) is 0 Å². The van der Waals surface area contributed by atoms with Crippen LogP contribution in [0.4, 0.5) is 5.69 Å². The molecular formula is C25H23BrN2O4. The predicted octanol–water partition coefficient (Wildman–Crippen LogP) is 5.18. The van der Waals surface area contributed by atoms with Crippen LogP contribution in [0.2, 0.25) is 0 Å². The lowest BCUT2D eigenvalue weighted by Gasteiger charge is -2.13. The van der Waals surface area contributed by atoms with E-state index in [0.29, 0.717) is 28.3 Å². The third kappa shape index (κ3) is 5.98. The molecule has 0 saturated carbocycles. The summed E-state index contributed by atoms with van der Waals surface area (Å²) in [5.41, 5.74) is 2.86. The Morgan fingerprint density at radius 3 is 2.28 bits per heavy atom. The summed E-state index contributed by atoms with van der Waals surface area (Å²) in [6.45, 7) is 1.96. The van der Waals surface area contributed by atoms with Crippen molar-refractivity contribution in [3.05, 3.63) is 93.6 Å². The first kappa shape index (κ1) is 23.1. The van der Waals surface area contributed by atoms with Crippen molar-refractivity contribution in [2.24, 2.45) is 0 Å². The molecule has 0 spiro atoms. The van der Waals surface area contributed by atoms with Gasteiger partial charge in [-0.25, -0.2) is 0 Å². The molecule has 7 heteroatoms. The van der Waals surface area contributed by atoms with Crippen LogP contribution in [0, 0.1) is 6.92 Å². The Bertz CT molecular complexity index is 1160. The first-order valence-electron chi connectivity index (χ1n) is 9.78. The maximum atomic E-state index is 13.1. The number of benzene rings is 3. The number of carbonyl (C=O) groups is 2. The van der Waals surface area contributed by atoms with E-state index in [4.69, 9.17) is 9.47 Å². The third-order valence-corrected chi connectivity index (χ3v) is 5.10. The highest BCUT2D eigenvalue weighted by atomic mass is 79.9. The van der Waals surface area contributed by atoms with Crippen molar-refractivity contribution in [3.8, 4) is 11.5 Å². The number of halogens is 1. The summed E-state index contributed by atoms with van der Waals surface area (Å²) in [4.78, 5) is 25.9. The fourth-order valence-corrected chi connectivity index (χ4v) is 3.33. The minimum Gasteiger partial charge on any atom is -0.493 e. The molecule has 164 valence electrons. The Labute approximate surface area is 195 Å². The van der Waals surface area contributed by atoms with Gasteiger partial charge in [-0.05, 0) is 61.0 Å². The number of ether oxygens (including phenoxy) is 2. The highest BCUT2D eigenvalue weighted by Crippen LogP contribution is 2.28. The molecule has 0 atom stereocenters. The van der Waals surface area contributed by atoms with Gasteiger partial charge in [0.15, 0.2) is 11.5 Å². The van der Waals surface area contributed by atoms with E-state index in [1.807, 2.05) is 25.1 Å². The molecule has 3 aromatic carbocycles. The van der Waals surface area contributed by atoms with E-state index in [2.05, 4.69) is 26.6 Å². The summed E-state index contributed by atoms with van der Waals surface area (Å²) in [6.07, 6.45) is 1.58. The Morgan fingerprint density at radius 1 is 0.906 bits per heavy atom. The van der Waals surface area contributed by atoms with E-state index in [1.165, 1.54) is 7.11 Å². The topological polar surface area (TPSA) is 76.7 Å². The predicted molar refractivity (Wildman–Crippen MR) is 129 cm³/mol. The van der Waals surface area contributed by atoms with Gasteiger partial charge in [0.05, 0.1) is 14.2 Å². The van der Waals surface area contributed by atoms with E-state index < -0.39 is 11.8 Å². The molecule has 0 radical (unpaired) electrons. The van der Waals surface area contributed by atoms with Gasteiger partial charge in [0, 0.05) is 15.7 Å². The molecule has 0 aromatic heterocycles. The molecule has 0 bridgehead atoms. The normalized spacial score (nSPS) is 10.9. The van der Waals surface area contributed by atoms with Gasteiger partial charge < -0.3 is 20.1 Å². The van der Waals surface area contributed by atoms with E-state index >= 15 is 0 Å². The number of hydrogen-bond acceptors (Lipinski definition) is 4. The van der Waals surface area contributed by atoms with E-state index in [1.54, 1.807) is 61.7 Å². The molecule has 6 nitrogen and oxygen atoms in total. The summed E-state index contributed by atoms with van der Waals surface area (Å²) >= 11 is 3.36. The number of rotatable bonds is 7. The molecular weight excluding hydrogens is 472 g/mol. The molecule has 0 aliphatic heterocycles. The van der Waals surface area contributed by atoms with Crippen LogP contribution in [0.5, 0.6) is 11.5 Å². The monoisotopic (exact) mass is 494 g/mol. The third-order valence-electron chi connectivity index (χ3n) is 4.61. The van der Waals surface area contributed by atoms with Crippen LogP contribution in [-0.4, -0.2) is 26.0 Å². The zero-order chi connectivity index (χ0) is 23.1. The van der Waals surface area contributed by atoms with Crippen LogP contribution >= 0.6 is 15.9 Å². The van der Waals surface area contributed by atoms with Gasteiger partial charge in [-0.3, -0.25) is 9.59 Å². The largest absolute Gasteiger partial charge is 0.493 e. The molecule has 2 N–H and O–H groups in total. The van der Waals surface area contributed by atoms with Gasteiger partial charge in [0.2, 0.25) is 0 Å². The Kier molecular flexibility index (Phi) is 7.68. The lowest BCUT2D eigenvalue weighted by molar-refractivity contribution is -0.113. The Hall–Kier alpha value is -3.58. The van der Waals surface area contributed by atoms with Gasteiger partial charge in [-0.2, -0.15) is 0 Å². The second-order valence-corrected chi connectivity index (χ2v) is 7.87. The highest BCUT2D eigenvalue weighted by molar-refractivity contribution is 9.10. The van der Waals surface area contributed by atoms with Gasteiger partial charge >= 0.3 is 0 Å². The first-order valence-corrected chi connectivity index (χ1v) is 10.6. The maximum absolute atomic E-state index is 13.1. The SMILES string of the molecule is COc1ccc(/C=C(\NC(=O)c2cccc(Br)c2)C(=O)Nc2ccc(C)cc2)cc1OC. The summed E-state index contributed by atoms with van der Waals surface area (Å²) in [7, 11) is 3.08. The molecule has 32 heavy (non-hydrogen) atoms. The van der Waals surface area contributed by atoms with Gasteiger partial charge in [0.1, 0.15) is 5.70 Å². The molecule has 3 rings (SSSR count). The molecule has 0 fully saturated rings. The first-order chi connectivity index (χ1) is 15.4. The van der Waals surface area contributed by atoms with Gasteiger partial charge in [-0.1, -0.05) is 45.8 Å². The molecule has 0 heterocycles. The Balaban J connectivity index is 1.94. The summed E-state index contributed by atoms with van der Waals surface area (Å²) < 4.78 is 11.4.